The van der Waals surface area contributed by atoms with Crippen molar-refractivity contribution in [3.05, 3.63) is 35.4 Å². The molecule has 1 aromatic carbocycles. The van der Waals surface area contributed by atoms with Crippen molar-refractivity contribution in [1.29, 1.82) is 0 Å². The van der Waals surface area contributed by atoms with Crippen LogP contribution in [0.25, 0.3) is 0 Å². The third-order valence-electron chi connectivity index (χ3n) is 10.8. The van der Waals surface area contributed by atoms with Crippen molar-refractivity contribution in [2.45, 2.75) is 117 Å². The number of likely N-dealkylation sites (N-methyl/N-ethyl adjacent to an activating group) is 2. The Morgan fingerprint density at radius 2 is 1.55 bits per heavy atom. The first kappa shape index (κ1) is 46.0. The number of methoxy groups -OCH3 is 3. The summed E-state index contributed by atoms with van der Waals surface area (Å²) in [6, 6.07) is 1.33. The van der Waals surface area contributed by atoms with Crippen LogP contribution >= 0.6 is 0 Å². The summed E-state index contributed by atoms with van der Waals surface area (Å²) in [5.41, 5.74) is -0.104. The fourth-order valence-electron chi connectivity index (χ4n) is 7.44. The second kappa shape index (κ2) is 21.6. The van der Waals surface area contributed by atoms with Crippen molar-refractivity contribution in [1.82, 2.24) is 25.8 Å². The molecule has 1 unspecified atom stereocenters. The topological polar surface area (TPSA) is 139 Å². The van der Waals surface area contributed by atoms with Crippen LogP contribution in [0, 0.1) is 35.3 Å². The van der Waals surface area contributed by atoms with E-state index in [2.05, 4.69) is 16.0 Å². The number of amides is 4. The SMILES string of the molecule is CC[C@H](C)[C@@H]([C@@H](CC(=O)N1C[C@H](OC)CC1[C@H](OC)[C@@H](C)C(=O)NCCc1c(F)cccc1F)OC)N(C)C(=O)[C@@H](NC(=O)[C@@H](NC)C(C)C)C(C)C. The van der Waals surface area contributed by atoms with Crippen molar-refractivity contribution in [2.75, 3.05) is 48.5 Å². The summed E-state index contributed by atoms with van der Waals surface area (Å²) in [7, 11) is 7.97. The Morgan fingerprint density at radius 1 is 0.943 bits per heavy atom. The molecule has 0 aliphatic carbocycles. The summed E-state index contributed by atoms with van der Waals surface area (Å²) >= 11 is 0. The van der Waals surface area contributed by atoms with E-state index in [9.17, 15) is 28.0 Å². The molecule has 9 atom stereocenters. The number of rotatable bonds is 21. The molecule has 3 N–H and O–H groups in total. The van der Waals surface area contributed by atoms with E-state index in [1.165, 1.54) is 32.4 Å². The second-order valence-electron chi connectivity index (χ2n) is 15.0. The van der Waals surface area contributed by atoms with Crippen molar-refractivity contribution in [3.8, 4) is 0 Å². The van der Waals surface area contributed by atoms with Gasteiger partial charge in [0.25, 0.3) is 0 Å². The minimum atomic E-state index is -0.798. The van der Waals surface area contributed by atoms with Gasteiger partial charge in [0.15, 0.2) is 0 Å². The average Bonchev–Trinajstić information content (AvgIpc) is 3.55. The van der Waals surface area contributed by atoms with Crippen molar-refractivity contribution in [2.24, 2.45) is 23.7 Å². The van der Waals surface area contributed by atoms with Gasteiger partial charge in [0, 0.05) is 47.0 Å². The highest BCUT2D eigenvalue weighted by atomic mass is 19.1. The lowest BCUT2D eigenvalue weighted by Gasteiger charge is -2.41. The maximum absolute atomic E-state index is 14.3. The quantitative estimate of drug-likeness (QED) is 0.174. The van der Waals surface area contributed by atoms with Crippen LogP contribution in [-0.2, 0) is 39.8 Å². The van der Waals surface area contributed by atoms with E-state index in [1.807, 2.05) is 41.5 Å². The van der Waals surface area contributed by atoms with Gasteiger partial charge in [-0.05, 0) is 49.8 Å². The summed E-state index contributed by atoms with van der Waals surface area (Å²) in [5, 5.41) is 8.75. The monoisotopic (exact) mass is 753 g/mol. The molecule has 4 amide bonds. The maximum Gasteiger partial charge on any atom is 0.245 e. The molecule has 0 radical (unpaired) electrons. The summed E-state index contributed by atoms with van der Waals surface area (Å²) in [6.45, 7) is 13.6. The molecule has 0 bridgehead atoms. The van der Waals surface area contributed by atoms with Gasteiger partial charge in [0.1, 0.15) is 17.7 Å². The zero-order chi connectivity index (χ0) is 40.2. The van der Waals surface area contributed by atoms with Crippen LogP contribution in [0.5, 0.6) is 0 Å². The molecule has 0 spiro atoms. The lowest BCUT2D eigenvalue weighted by Crippen LogP contribution is -2.59. The van der Waals surface area contributed by atoms with Crippen LogP contribution < -0.4 is 16.0 Å². The fraction of sp³-hybridized carbons (Fsp3) is 0.744. The maximum atomic E-state index is 14.3. The van der Waals surface area contributed by atoms with E-state index in [0.29, 0.717) is 12.8 Å². The molecule has 1 heterocycles. The van der Waals surface area contributed by atoms with Gasteiger partial charge in [0.05, 0.1) is 48.8 Å². The Kier molecular flexibility index (Phi) is 18.8. The van der Waals surface area contributed by atoms with Crippen LogP contribution in [0.3, 0.4) is 0 Å². The molecule has 1 saturated heterocycles. The normalized spacial score (nSPS) is 20.0. The number of benzene rings is 1. The Labute approximate surface area is 315 Å². The molecule has 14 heteroatoms. The first-order valence-corrected chi connectivity index (χ1v) is 18.8. The standard InChI is InChI=1S/C39H65F2N5O7/c1-13-24(6)35(45(9)39(50)34(23(4)5)44-38(49)33(42-8)22(2)3)31(52-11)20-32(47)46-21-26(51-10)19-30(46)36(53-12)25(7)37(48)43-18-17-27-28(40)15-14-16-29(27)41/h14-16,22-26,30-31,33-36,42H,13,17-21H2,1-12H3,(H,43,48)(H,44,49)/t24-,25+,26+,30?,31+,33-,34-,35-,36+/m0/s1. The first-order chi connectivity index (χ1) is 25.0. The predicted molar refractivity (Wildman–Crippen MR) is 200 cm³/mol. The van der Waals surface area contributed by atoms with E-state index >= 15 is 0 Å². The van der Waals surface area contributed by atoms with Crippen molar-refractivity contribution < 1.29 is 42.2 Å². The van der Waals surface area contributed by atoms with Crippen LogP contribution in [0.4, 0.5) is 8.78 Å². The van der Waals surface area contributed by atoms with E-state index in [0.717, 1.165) is 0 Å². The van der Waals surface area contributed by atoms with E-state index in [4.69, 9.17) is 14.2 Å². The number of nitrogens with zero attached hydrogens (tertiary/aromatic N) is 2. The van der Waals surface area contributed by atoms with Gasteiger partial charge in [-0.2, -0.15) is 0 Å². The number of ether oxygens (including phenoxy) is 3. The molecule has 2 rings (SSSR count). The number of hydrogen-bond acceptors (Lipinski definition) is 8. The van der Waals surface area contributed by atoms with E-state index in [-0.39, 0.29) is 79.0 Å². The molecule has 1 aromatic rings. The average molecular weight is 754 g/mol. The third kappa shape index (κ3) is 11.9. The molecule has 1 aliphatic rings. The molecule has 302 valence electrons. The van der Waals surface area contributed by atoms with Gasteiger partial charge in [-0.15, -0.1) is 0 Å². The highest BCUT2D eigenvalue weighted by Crippen LogP contribution is 2.31. The summed E-state index contributed by atoms with van der Waals surface area (Å²) in [4.78, 5) is 58.2. The lowest BCUT2D eigenvalue weighted by molar-refractivity contribution is -0.147. The molecule has 0 saturated carbocycles. The van der Waals surface area contributed by atoms with E-state index in [1.54, 1.807) is 37.9 Å². The smallest absolute Gasteiger partial charge is 0.245 e. The van der Waals surface area contributed by atoms with Gasteiger partial charge in [0.2, 0.25) is 23.6 Å². The highest BCUT2D eigenvalue weighted by Gasteiger charge is 2.45. The largest absolute Gasteiger partial charge is 0.380 e. The van der Waals surface area contributed by atoms with E-state index < -0.39 is 53.9 Å². The highest BCUT2D eigenvalue weighted by molar-refractivity contribution is 5.90. The van der Waals surface area contributed by atoms with Gasteiger partial charge >= 0.3 is 0 Å². The molecule has 12 nitrogen and oxygen atoms in total. The third-order valence-corrected chi connectivity index (χ3v) is 10.8. The zero-order valence-electron chi connectivity index (χ0n) is 33.8. The second-order valence-corrected chi connectivity index (χ2v) is 15.0. The van der Waals surface area contributed by atoms with Crippen LogP contribution in [0.2, 0.25) is 0 Å². The van der Waals surface area contributed by atoms with Crippen molar-refractivity contribution in [3.63, 3.8) is 0 Å². The summed E-state index contributed by atoms with van der Waals surface area (Å²) < 4.78 is 45.8. The number of carbonyl (C=O) groups excluding carboxylic acids is 4. The predicted octanol–water partition coefficient (Wildman–Crippen LogP) is 3.55. The van der Waals surface area contributed by atoms with Crippen molar-refractivity contribution >= 4 is 23.6 Å². The number of likely N-dealkylation sites (tertiary alicyclic amines) is 1. The molecule has 1 fully saturated rings. The molecular formula is C39H65F2N5O7. The first-order valence-electron chi connectivity index (χ1n) is 18.8. The number of nitrogens with one attached hydrogen (secondary N) is 3. The fourth-order valence-corrected chi connectivity index (χ4v) is 7.44. The Bertz CT molecular complexity index is 1330. The Hall–Kier alpha value is -3.20. The zero-order valence-corrected chi connectivity index (χ0v) is 33.8. The number of carbonyl (C=O) groups is 4. The Balaban J connectivity index is 2.29. The van der Waals surface area contributed by atoms with Gasteiger partial charge in [-0.1, -0.05) is 61.0 Å². The summed E-state index contributed by atoms with van der Waals surface area (Å²) in [5.74, 6) is -3.51. The minimum absolute atomic E-state index is 0.0103. The molecule has 0 aromatic heterocycles. The molecular weight excluding hydrogens is 688 g/mol. The van der Waals surface area contributed by atoms with Crippen LogP contribution in [0.15, 0.2) is 18.2 Å². The van der Waals surface area contributed by atoms with Crippen LogP contribution in [0.1, 0.15) is 73.3 Å². The van der Waals surface area contributed by atoms with Gasteiger partial charge in [-0.25, -0.2) is 8.78 Å². The van der Waals surface area contributed by atoms with Gasteiger partial charge < -0.3 is 40.0 Å². The molecule has 1 aliphatic heterocycles. The Morgan fingerprint density at radius 3 is 2.04 bits per heavy atom. The number of hydrogen-bond donors (Lipinski definition) is 3. The van der Waals surface area contributed by atoms with Gasteiger partial charge in [-0.3, -0.25) is 19.2 Å². The number of halogens is 2. The molecule has 53 heavy (non-hydrogen) atoms. The van der Waals surface area contributed by atoms with Crippen LogP contribution in [-0.4, -0.2) is 124 Å². The minimum Gasteiger partial charge on any atom is -0.380 e. The summed E-state index contributed by atoms with van der Waals surface area (Å²) in [6.07, 6.45) is -0.692. The lowest BCUT2D eigenvalue weighted by atomic mass is 9.89.